The minimum Gasteiger partial charge on any atom is -0.298 e. The van der Waals surface area contributed by atoms with Crippen molar-refractivity contribution in [1.82, 2.24) is 4.90 Å². The molecule has 0 unspecified atom stereocenters. The van der Waals surface area contributed by atoms with Crippen LogP contribution in [0.4, 0.5) is 0 Å². The number of benzene rings is 1. The van der Waals surface area contributed by atoms with Crippen molar-refractivity contribution in [1.29, 1.82) is 0 Å². The first-order valence-corrected chi connectivity index (χ1v) is 8.54. The lowest BCUT2D eigenvalue weighted by Crippen LogP contribution is -2.26. The molecule has 1 rings (SSSR count). The Morgan fingerprint density at radius 2 is 1.94 bits per heavy atom. The number of hydrogen-bond donors (Lipinski definition) is 0. The molecule has 0 aliphatic heterocycles. The van der Waals surface area contributed by atoms with Crippen LogP contribution in [0, 0.1) is 0 Å². The Labute approximate surface area is 118 Å². The second-order valence-electron chi connectivity index (χ2n) is 4.00. The average Bonchev–Trinajstić information content (AvgIpc) is 2.36. The van der Waals surface area contributed by atoms with Gasteiger partial charge in [0.25, 0.3) is 0 Å². The molecule has 0 aliphatic rings. The molecule has 0 bridgehead atoms. The van der Waals surface area contributed by atoms with Crippen molar-refractivity contribution in [2.45, 2.75) is 19.9 Å². The van der Waals surface area contributed by atoms with Crippen LogP contribution < -0.4 is 0 Å². The maximum absolute atomic E-state index is 3.54. The Morgan fingerprint density at radius 1 is 1.18 bits per heavy atom. The number of nitrogens with zero attached hydrogens (tertiary/aromatic N) is 1. The zero-order valence-corrected chi connectivity index (χ0v) is 13.0. The summed E-state index contributed by atoms with van der Waals surface area (Å²) >= 11 is 5.58. The van der Waals surface area contributed by atoms with Gasteiger partial charge in [0.2, 0.25) is 0 Å². The minimum absolute atomic E-state index is 1.06. The summed E-state index contributed by atoms with van der Waals surface area (Å²) in [7, 11) is 0. The average molecular weight is 316 g/mol. The van der Waals surface area contributed by atoms with Gasteiger partial charge in [-0.2, -0.15) is 11.8 Å². The smallest absolute Gasteiger partial charge is 0.0234 e. The third kappa shape index (κ3) is 7.12. The van der Waals surface area contributed by atoms with Gasteiger partial charge in [-0.1, -0.05) is 53.2 Å². The summed E-state index contributed by atoms with van der Waals surface area (Å²) in [4.78, 5) is 2.53. The van der Waals surface area contributed by atoms with Crippen LogP contribution in [0.25, 0.3) is 0 Å². The van der Waals surface area contributed by atoms with Gasteiger partial charge >= 0.3 is 0 Å². The zero-order chi connectivity index (χ0) is 12.3. The summed E-state index contributed by atoms with van der Waals surface area (Å²) in [5, 5.41) is 1.06. The Morgan fingerprint density at radius 3 is 2.59 bits per heavy atom. The summed E-state index contributed by atoms with van der Waals surface area (Å²) < 4.78 is 0. The number of rotatable bonds is 9. The molecule has 0 aliphatic carbocycles. The van der Waals surface area contributed by atoms with Gasteiger partial charge in [-0.3, -0.25) is 4.90 Å². The largest absolute Gasteiger partial charge is 0.298 e. The molecule has 1 aromatic rings. The van der Waals surface area contributed by atoms with Gasteiger partial charge in [0, 0.05) is 18.4 Å². The molecule has 3 heteroatoms. The van der Waals surface area contributed by atoms with Crippen LogP contribution in [0.15, 0.2) is 30.3 Å². The van der Waals surface area contributed by atoms with Gasteiger partial charge in [0.05, 0.1) is 0 Å². The molecule has 96 valence electrons. The molecule has 0 radical (unpaired) electrons. The van der Waals surface area contributed by atoms with Crippen LogP contribution in [0.2, 0.25) is 0 Å². The second-order valence-corrected chi connectivity index (χ2v) is 6.19. The van der Waals surface area contributed by atoms with E-state index in [2.05, 4.69) is 58.1 Å². The number of alkyl halides is 1. The molecule has 0 atom stereocenters. The monoisotopic (exact) mass is 315 g/mol. The van der Waals surface area contributed by atoms with Crippen LogP contribution in [0.5, 0.6) is 0 Å². The Balaban J connectivity index is 2.32. The van der Waals surface area contributed by atoms with Crippen molar-refractivity contribution in [2.24, 2.45) is 0 Å². The fourth-order valence-electron chi connectivity index (χ4n) is 1.77. The molecule has 0 amide bonds. The molecule has 0 fully saturated rings. The number of halogens is 1. The quantitative estimate of drug-likeness (QED) is 0.500. The lowest BCUT2D eigenvalue weighted by Gasteiger charge is -2.21. The molecular weight excluding hydrogens is 294 g/mol. The molecule has 17 heavy (non-hydrogen) atoms. The molecular formula is C14H22BrNS. The van der Waals surface area contributed by atoms with Crippen molar-refractivity contribution in [2.75, 3.05) is 29.9 Å². The van der Waals surface area contributed by atoms with Crippen molar-refractivity contribution in [3.63, 3.8) is 0 Å². The van der Waals surface area contributed by atoms with E-state index in [4.69, 9.17) is 0 Å². The highest BCUT2D eigenvalue weighted by molar-refractivity contribution is 9.09. The molecule has 0 heterocycles. The van der Waals surface area contributed by atoms with Crippen molar-refractivity contribution >= 4 is 27.7 Å². The van der Waals surface area contributed by atoms with Gasteiger partial charge in [-0.15, -0.1) is 0 Å². The molecule has 0 saturated carbocycles. The van der Waals surface area contributed by atoms with Gasteiger partial charge in [-0.25, -0.2) is 0 Å². The van der Waals surface area contributed by atoms with E-state index < -0.39 is 0 Å². The van der Waals surface area contributed by atoms with Crippen LogP contribution in [0.3, 0.4) is 0 Å². The number of thioether (sulfide) groups is 1. The van der Waals surface area contributed by atoms with E-state index in [1.54, 1.807) is 0 Å². The maximum atomic E-state index is 3.54. The zero-order valence-electron chi connectivity index (χ0n) is 10.6. The summed E-state index contributed by atoms with van der Waals surface area (Å²) in [5.41, 5.74) is 1.41. The van der Waals surface area contributed by atoms with E-state index in [1.807, 2.05) is 11.8 Å². The van der Waals surface area contributed by atoms with Gasteiger partial charge in [0.1, 0.15) is 0 Å². The molecule has 0 spiro atoms. The molecule has 0 saturated heterocycles. The molecule has 0 N–H and O–H groups in total. The summed E-state index contributed by atoms with van der Waals surface area (Å²) in [6.45, 7) is 5.63. The third-order valence-electron chi connectivity index (χ3n) is 2.62. The summed E-state index contributed by atoms with van der Waals surface area (Å²) in [6, 6.07) is 10.7. The minimum atomic E-state index is 1.06. The molecule has 1 nitrogen and oxygen atoms in total. The molecule has 0 aromatic heterocycles. The van der Waals surface area contributed by atoms with Crippen molar-refractivity contribution in [3.05, 3.63) is 35.9 Å². The topological polar surface area (TPSA) is 3.24 Å². The number of hydrogen-bond acceptors (Lipinski definition) is 2. The molecule has 1 aromatic carbocycles. The maximum Gasteiger partial charge on any atom is 0.0234 e. The van der Waals surface area contributed by atoms with Gasteiger partial charge in [0.15, 0.2) is 0 Å². The first kappa shape index (κ1) is 15.1. The predicted molar refractivity (Wildman–Crippen MR) is 83.1 cm³/mol. The summed E-state index contributed by atoms with van der Waals surface area (Å²) in [5.74, 6) is 2.52. The first-order chi connectivity index (χ1) is 8.36. The van der Waals surface area contributed by atoms with Gasteiger partial charge < -0.3 is 0 Å². The van der Waals surface area contributed by atoms with Crippen LogP contribution >= 0.6 is 27.7 Å². The van der Waals surface area contributed by atoms with E-state index in [0.29, 0.717) is 0 Å². The van der Waals surface area contributed by atoms with E-state index >= 15 is 0 Å². The highest BCUT2D eigenvalue weighted by Crippen LogP contribution is 2.07. The van der Waals surface area contributed by atoms with Crippen LogP contribution in [-0.2, 0) is 6.54 Å². The van der Waals surface area contributed by atoms with E-state index in [1.165, 1.54) is 30.0 Å². The third-order valence-corrected chi connectivity index (χ3v) is 3.96. The van der Waals surface area contributed by atoms with Gasteiger partial charge in [-0.05, 0) is 30.0 Å². The highest BCUT2D eigenvalue weighted by Gasteiger charge is 2.04. The Kier molecular flexibility index (Phi) is 8.85. The van der Waals surface area contributed by atoms with E-state index in [-0.39, 0.29) is 0 Å². The SMILES string of the molecule is CCSCCCN(CCBr)Cc1ccccc1. The second kappa shape index (κ2) is 9.98. The van der Waals surface area contributed by atoms with Crippen LogP contribution in [0.1, 0.15) is 18.9 Å². The van der Waals surface area contributed by atoms with Crippen LogP contribution in [-0.4, -0.2) is 34.8 Å². The van der Waals surface area contributed by atoms with E-state index in [9.17, 15) is 0 Å². The van der Waals surface area contributed by atoms with E-state index in [0.717, 1.165) is 18.4 Å². The highest BCUT2D eigenvalue weighted by atomic mass is 79.9. The standard InChI is InChI=1S/C14H22BrNS/c1-2-17-12-6-10-16(11-9-15)13-14-7-4-3-5-8-14/h3-5,7-8H,2,6,9-13H2,1H3. The fourth-order valence-corrected chi connectivity index (χ4v) is 2.89. The lowest BCUT2D eigenvalue weighted by molar-refractivity contribution is 0.284. The Hall–Kier alpha value is 0.0100. The first-order valence-electron chi connectivity index (χ1n) is 6.26. The van der Waals surface area contributed by atoms with Crippen molar-refractivity contribution in [3.8, 4) is 0 Å². The predicted octanol–water partition coefficient (Wildman–Crippen LogP) is 4.03. The normalized spacial score (nSPS) is 11.0. The fraction of sp³-hybridized carbons (Fsp3) is 0.571. The lowest BCUT2D eigenvalue weighted by atomic mass is 10.2. The van der Waals surface area contributed by atoms with Crippen molar-refractivity contribution < 1.29 is 0 Å². The Bertz CT molecular complexity index is 279. The summed E-state index contributed by atoms with van der Waals surface area (Å²) in [6.07, 6.45) is 1.29.